The van der Waals surface area contributed by atoms with E-state index in [1.54, 1.807) is 6.08 Å². The molecule has 1 N–H and O–H groups in total. The van der Waals surface area contributed by atoms with Crippen molar-refractivity contribution in [1.82, 2.24) is 14.8 Å². The molecule has 0 bridgehead atoms. The Kier molecular flexibility index (Phi) is 7.12. The van der Waals surface area contributed by atoms with Gasteiger partial charge in [0, 0.05) is 42.2 Å². The number of nitrogens with one attached hydrogen (secondary N) is 1. The first-order valence-electron chi connectivity index (χ1n) is 13.9. The number of carbonyl (C=O) groups excluding carboxylic acids is 1. The molecule has 0 saturated carbocycles. The maximum absolute atomic E-state index is 13.7. The highest BCUT2D eigenvalue weighted by Gasteiger charge is 2.34. The first-order valence-corrected chi connectivity index (χ1v) is 13.9. The van der Waals surface area contributed by atoms with Gasteiger partial charge >= 0.3 is 0 Å². The van der Waals surface area contributed by atoms with Crippen LogP contribution < -0.4 is 9.47 Å². The van der Waals surface area contributed by atoms with E-state index in [0.29, 0.717) is 19.8 Å². The van der Waals surface area contributed by atoms with Gasteiger partial charge in [0.05, 0.1) is 12.6 Å². The number of nitrogens with zero attached hydrogens (tertiary/aromatic N) is 2. The molecule has 0 spiro atoms. The molecule has 2 aliphatic rings. The van der Waals surface area contributed by atoms with Crippen molar-refractivity contribution < 1.29 is 14.3 Å². The third-order valence-electron chi connectivity index (χ3n) is 7.93. The molecule has 3 heterocycles. The van der Waals surface area contributed by atoms with Crippen LogP contribution in [0.2, 0.25) is 0 Å². The van der Waals surface area contributed by atoms with Crippen molar-refractivity contribution in [1.29, 1.82) is 0 Å². The highest BCUT2D eigenvalue weighted by molar-refractivity contribution is 5.93. The second-order valence-corrected chi connectivity index (χ2v) is 10.4. The normalized spacial score (nSPS) is 16.5. The standard InChI is InChI=1S/C33H35N3O3/c1-3-35(2)19-21-38-26-12-8-23(9-13-26)10-15-31(37)36-18-16-28-27-6-4-5-7-29(27)34-32(28)33(36)25-11-14-30-24(22-25)17-20-39-30/h4-15,22,33-34H,3,16-21H2,1-2H3/b15-10+/t33-/m1/s1. The van der Waals surface area contributed by atoms with E-state index in [1.807, 2.05) is 35.2 Å². The van der Waals surface area contributed by atoms with Crippen molar-refractivity contribution >= 4 is 22.9 Å². The van der Waals surface area contributed by atoms with Crippen LogP contribution in [0.15, 0.2) is 72.8 Å². The Morgan fingerprint density at radius 3 is 2.82 bits per heavy atom. The van der Waals surface area contributed by atoms with Gasteiger partial charge in [0.2, 0.25) is 5.91 Å². The summed E-state index contributed by atoms with van der Waals surface area (Å²) in [4.78, 5) is 21.6. The van der Waals surface area contributed by atoms with Crippen molar-refractivity contribution in [3.63, 3.8) is 0 Å². The number of amides is 1. The van der Waals surface area contributed by atoms with E-state index in [0.717, 1.165) is 59.8 Å². The number of aromatic nitrogens is 1. The fourth-order valence-electron chi connectivity index (χ4n) is 5.62. The summed E-state index contributed by atoms with van der Waals surface area (Å²) in [5, 5.41) is 1.24. The lowest BCUT2D eigenvalue weighted by Gasteiger charge is -2.36. The lowest BCUT2D eigenvalue weighted by atomic mass is 9.91. The van der Waals surface area contributed by atoms with Gasteiger partial charge in [-0.2, -0.15) is 0 Å². The van der Waals surface area contributed by atoms with Crippen molar-refractivity contribution in [3.8, 4) is 11.5 Å². The zero-order valence-corrected chi connectivity index (χ0v) is 22.7. The maximum Gasteiger partial charge on any atom is 0.247 e. The van der Waals surface area contributed by atoms with E-state index >= 15 is 0 Å². The van der Waals surface area contributed by atoms with Crippen molar-refractivity contribution in [2.45, 2.75) is 25.8 Å². The van der Waals surface area contributed by atoms with Gasteiger partial charge in [-0.1, -0.05) is 43.3 Å². The molecule has 0 aliphatic carbocycles. The third kappa shape index (κ3) is 5.17. The second-order valence-electron chi connectivity index (χ2n) is 10.4. The summed E-state index contributed by atoms with van der Waals surface area (Å²) in [6.45, 7) is 6.05. The number of rotatable bonds is 8. The van der Waals surface area contributed by atoms with Crippen molar-refractivity contribution in [2.75, 3.05) is 39.9 Å². The number of aromatic amines is 1. The number of fused-ring (bicyclic) bond motifs is 4. The predicted molar refractivity (Wildman–Crippen MR) is 155 cm³/mol. The molecule has 0 fully saturated rings. The van der Waals surface area contributed by atoms with E-state index in [2.05, 4.69) is 66.3 Å². The van der Waals surface area contributed by atoms with Crippen LogP contribution in [0.4, 0.5) is 0 Å². The highest BCUT2D eigenvalue weighted by atomic mass is 16.5. The van der Waals surface area contributed by atoms with Crippen molar-refractivity contribution in [3.05, 3.63) is 101 Å². The number of hydrogen-bond donors (Lipinski definition) is 1. The lowest BCUT2D eigenvalue weighted by Crippen LogP contribution is -2.39. The summed E-state index contributed by atoms with van der Waals surface area (Å²) in [5.74, 6) is 1.80. The van der Waals surface area contributed by atoms with Gasteiger partial charge in [0.1, 0.15) is 18.1 Å². The number of benzene rings is 3. The van der Waals surface area contributed by atoms with Crippen LogP contribution >= 0.6 is 0 Å². The first kappa shape index (κ1) is 25.3. The minimum atomic E-state index is -0.179. The summed E-state index contributed by atoms with van der Waals surface area (Å²) in [6.07, 6.45) is 5.32. The summed E-state index contributed by atoms with van der Waals surface area (Å²) >= 11 is 0. The zero-order chi connectivity index (χ0) is 26.8. The molecule has 1 amide bonds. The minimum Gasteiger partial charge on any atom is -0.493 e. The number of H-pyrrole nitrogens is 1. The van der Waals surface area contributed by atoms with E-state index in [-0.39, 0.29) is 11.9 Å². The molecular weight excluding hydrogens is 486 g/mol. The quantitative estimate of drug-likeness (QED) is 0.306. The second kappa shape index (κ2) is 11.0. The van der Waals surface area contributed by atoms with Crippen LogP contribution in [0.25, 0.3) is 17.0 Å². The van der Waals surface area contributed by atoms with E-state index in [4.69, 9.17) is 9.47 Å². The fraction of sp³-hybridized carbons (Fsp3) is 0.303. The number of hydrogen-bond acceptors (Lipinski definition) is 4. The molecule has 0 radical (unpaired) electrons. The van der Waals surface area contributed by atoms with Gasteiger partial charge in [-0.05, 0) is 78.7 Å². The van der Waals surface area contributed by atoms with Gasteiger partial charge in [-0.15, -0.1) is 0 Å². The number of ether oxygens (including phenoxy) is 2. The molecule has 2 aliphatic heterocycles. The average molecular weight is 522 g/mol. The third-order valence-corrected chi connectivity index (χ3v) is 7.93. The summed E-state index contributed by atoms with van der Waals surface area (Å²) in [7, 11) is 2.08. The maximum atomic E-state index is 13.7. The summed E-state index contributed by atoms with van der Waals surface area (Å²) in [6, 6.07) is 22.5. The van der Waals surface area contributed by atoms with Gasteiger partial charge in [0.25, 0.3) is 0 Å². The zero-order valence-electron chi connectivity index (χ0n) is 22.7. The van der Waals surface area contributed by atoms with Gasteiger partial charge < -0.3 is 24.3 Å². The largest absolute Gasteiger partial charge is 0.493 e. The molecule has 0 unspecified atom stereocenters. The van der Waals surface area contributed by atoms with Crippen LogP contribution in [0.5, 0.6) is 11.5 Å². The van der Waals surface area contributed by atoms with Crippen LogP contribution in [0.3, 0.4) is 0 Å². The van der Waals surface area contributed by atoms with Crippen LogP contribution in [-0.2, 0) is 17.6 Å². The van der Waals surface area contributed by atoms with Crippen molar-refractivity contribution in [2.24, 2.45) is 0 Å². The Bertz CT molecular complexity index is 1500. The number of para-hydroxylation sites is 1. The van der Waals surface area contributed by atoms with E-state index in [9.17, 15) is 4.79 Å². The molecule has 0 saturated heterocycles. The van der Waals surface area contributed by atoms with Gasteiger partial charge in [-0.25, -0.2) is 0 Å². The van der Waals surface area contributed by atoms with Gasteiger partial charge in [0.15, 0.2) is 0 Å². The Hall–Kier alpha value is -4.03. The highest BCUT2D eigenvalue weighted by Crippen LogP contribution is 2.40. The SMILES string of the molecule is CCN(C)CCOc1ccc(/C=C/C(=O)N2CCc3c([nH]c4ccccc34)[C@H]2c2ccc3c(c2)CCO3)cc1. The molecule has 6 heteroatoms. The molecule has 1 aromatic heterocycles. The molecule has 200 valence electrons. The minimum absolute atomic E-state index is 0.00369. The summed E-state index contributed by atoms with van der Waals surface area (Å²) < 4.78 is 11.6. The Labute approximate surface area is 229 Å². The monoisotopic (exact) mass is 521 g/mol. The predicted octanol–water partition coefficient (Wildman–Crippen LogP) is 5.62. The molecule has 3 aromatic carbocycles. The van der Waals surface area contributed by atoms with Gasteiger partial charge in [-0.3, -0.25) is 4.79 Å². The first-order chi connectivity index (χ1) is 19.1. The summed E-state index contributed by atoms with van der Waals surface area (Å²) in [5.41, 5.74) is 6.83. The van der Waals surface area contributed by atoms with Crippen LogP contribution in [-0.4, -0.2) is 60.6 Å². The molecule has 1 atom stereocenters. The Balaban J connectivity index is 1.24. The number of carbonyl (C=O) groups is 1. The number of likely N-dealkylation sites (N-methyl/N-ethyl adjacent to an activating group) is 1. The molecule has 6 nitrogen and oxygen atoms in total. The lowest BCUT2D eigenvalue weighted by molar-refractivity contribution is -0.128. The Morgan fingerprint density at radius 1 is 1.13 bits per heavy atom. The average Bonchev–Trinajstić information content (AvgIpc) is 3.60. The molecule has 6 rings (SSSR count). The molecule has 4 aromatic rings. The molecule has 39 heavy (non-hydrogen) atoms. The Morgan fingerprint density at radius 2 is 1.97 bits per heavy atom. The van der Waals surface area contributed by atoms with E-state index in [1.165, 1.54) is 16.5 Å². The van der Waals surface area contributed by atoms with E-state index < -0.39 is 0 Å². The molecular formula is C33H35N3O3. The smallest absolute Gasteiger partial charge is 0.247 e. The van der Waals surface area contributed by atoms with Crippen LogP contribution in [0, 0.1) is 0 Å². The topological polar surface area (TPSA) is 57.8 Å². The fourth-order valence-corrected chi connectivity index (χ4v) is 5.62. The van der Waals surface area contributed by atoms with Crippen LogP contribution in [0.1, 0.15) is 40.9 Å².